The van der Waals surface area contributed by atoms with Crippen LogP contribution in [-0.2, 0) is 0 Å². The summed E-state index contributed by atoms with van der Waals surface area (Å²) in [7, 11) is 0. The van der Waals surface area contributed by atoms with E-state index in [1.165, 1.54) is 30.5 Å². The molecule has 3 N–H and O–H groups in total. The first-order chi connectivity index (χ1) is 11.9. The summed E-state index contributed by atoms with van der Waals surface area (Å²) in [5.41, 5.74) is 1.20. The minimum absolute atomic E-state index is 0.0368. The van der Waals surface area contributed by atoms with E-state index in [1.54, 1.807) is 13.0 Å². The van der Waals surface area contributed by atoms with Gasteiger partial charge in [-0.3, -0.25) is 15.2 Å². The molecule has 2 aromatic rings. The molecule has 1 aromatic heterocycles. The molecule has 8 heteroatoms. The summed E-state index contributed by atoms with van der Waals surface area (Å²) in [6.45, 7) is -1.18. The fourth-order valence-corrected chi connectivity index (χ4v) is 2.10. The SMILES string of the molecule is CC(O)CNc1cc(C=O)cnc1C(=N)c1cccc(OC(F)F)c1. The van der Waals surface area contributed by atoms with E-state index in [-0.39, 0.29) is 23.7 Å². The van der Waals surface area contributed by atoms with Crippen LogP contribution in [0.3, 0.4) is 0 Å². The second-order valence-corrected chi connectivity index (χ2v) is 5.29. The first-order valence-electron chi connectivity index (χ1n) is 7.42. The van der Waals surface area contributed by atoms with E-state index in [0.717, 1.165) is 0 Å². The third-order valence-corrected chi connectivity index (χ3v) is 3.22. The molecule has 0 bridgehead atoms. The number of aldehydes is 1. The highest BCUT2D eigenvalue weighted by molar-refractivity contribution is 6.13. The molecule has 0 amide bonds. The molecule has 0 radical (unpaired) electrons. The maximum Gasteiger partial charge on any atom is 0.387 e. The zero-order chi connectivity index (χ0) is 18.4. The summed E-state index contributed by atoms with van der Waals surface area (Å²) in [5, 5.41) is 20.6. The average Bonchev–Trinajstić information content (AvgIpc) is 2.58. The van der Waals surface area contributed by atoms with Crippen molar-refractivity contribution in [2.75, 3.05) is 11.9 Å². The number of carbonyl (C=O) groups excluding carboxylic acids is 1. The van der Waals surface area contributed by atoms with Crippen molar-refractivity contribution in [1.82, 2.24) is 4.98 Å². The molecule has 1 heterocycles. The van der Waals surface area contributed by atoms with Crippen LogP contribution in [0.2, 0.25) is 0 Å². The van der Waals surface area contributed by atoms with Gasteiger partial charge in [-0.15, -0.1) is 0 Å². The number of carbonyl (C=O) groups is 1. The number of hydrogen-bond acceptors (Lipinski definition) is 6. The first-order valence-corrected chi connectivity index (χ1v) is 7.42. The van der Waals surface area contributed by atoms with Gasteiger partial charge in [0.15, 0.2) is 6.29 Å². The number of nitrogens with zero attached hydrogens (tertiary/aromatic N) is 1. The van der Waals surface area contributed by atoms with E-state index in [1.807, 2.05) is 0 Å². The Morgan fingerprint density at radius 1 is 1.44 bits per heavy atom. The van der Waals surface area contributed by atoms with Crippen LogP contribution in [0.1, 0.15) is 28.5 Å². The Labute approximate surface area is 143 Å². The van der Waals surface area contributed by atoms with E-state index >= 15 is 0 Å². The largest absolute Gasteiger partial charge is 0.435 e. The van der Waals surface area contributed by atoms with Crippen molar-refractivity contribution < 1.29 is 23.4 Å². The molecule has 0 fully saturated rings. The van der Waals surface area contributed by atoms with Crippen LogP contribution >= 0.6 is 0 Å². The van der Waals surface area contributed by atoms with Crippen molar-refractivity contribution in [1.29, 1.82) is 5.41 Å². The predicted octanol–water partition coefficient (Wildman–Crippen LogP) is 2.70. The Hall–Kier alpha value is -2.87. The Kier molecular flexibility index (Phi) is 6.13. The lowest BCUT2D eigenvalue weighted by Gasteiger charge is -2.14. The van der Waals surface area contributed by atoms with Gasteiger partial charge in [-0.1, -0.05) is 12.1 Å². The molecule has 1 aromatic carbocycles. The van der Waals surface area contributed by atoms with Crippen molar-refractivity contribution >= 4 is 17.7 Å². The maximum atomic E-state index is 12.3. The van der Waals surface area contributed by atoms with Gasteiger partial charge in [0.05, 0.1) is 17.5 Å². The number of ether oxygens (including phenoxy) is 1. The minimum atomic E-state index is -2.96. The van der Waals surface area contributed by atoms with Gasteiger partial charge in [-0.25, -0.2) is 0 Å². The molecule has 6 nitrogen and oxygen atoms in total. The Bertz CT molecular complexity index is 767. The van der Waals surface area contributed by atoms with Crippen LogP contribution in [0.15, 0.2) is 36.5 Å². The van der Waals surface area contributed by atoms with Gasteiger partial charge >= 0.3 is 6.61 Å². The smallest absolute Gasteiger partial charge is 0.387 e. The van der Waals surface area contributed by atoms with Crippen molar-refractivity contribution in [2.45, 2.75) is 19.6 Å². The lowest BCUT2D eigenvalue weighted by Crippen LogP contribution is -2.18. The van der Waals surface area contributed by atoms with E-state index in [4.69, 9.17) is 5.41 Å². The molecule has 0 aliphatic heterocycles. The number of rotatable bonds is 8. The van der Waals surface area contributed by atoms with Crippen LogP contribution in [0.4, 0.5) is 14.5 Å². The zero-order valence-corrected chi connectivity index (χ0v) is 13.4. The van der Waals surface area contributed by atoms with Gasteiger partial charge < -0.3 is 15.2 Å². The number of nitrogens with one attached hydrogen (secondary N) is 2. The lowest BCUT2D eigenvalue weighted by atomic mass is 10.0. The Morgan fingerprint density at radius 3 is 2.84 bits per heavy atom. The van der Waals surface area contributed by atoms with Crippen molar-refractivity contribution in [3.63, 3.8) is 0 Å². The Morgan fingerprint density at radius 2 is 2.20 bits per heavy atom. The molecule has 132 valence electrons. The summed E-state index contributed by atoms with van der Waals surface area (Å²) >= 11 is 0. The number of aliphatic hydroxyl groups is 1. The number of aliphatic hydroxyl groups excluding tert-OH is 1. The van der Waals surface area contributed by atoms with Crippen molar-refractivity contribution in [3.05, 3.63) is 53.3 Å². The highest BCUT2D eigenvalue weighted by Gasteiger charge is 2.15. The molecule has 0 aliphatic carbocycles. The number of hydrogen-bond donors (Lipinski definition) is 3. The monoisotopic (exact) mass is 349 g/mol. The van der Waals surface area contributed by atoms with Crippen molar-refractivity contribution in [3.8, 4) is 5.75 Å². The molecular weight excluding hydrogens is 332 g/mol. The third kappa shape index (κ3) is 5.05. The fourth-order valence-electron chi connectivity index (χ4n) is 2.10. The van der Waals surface area contributed by atoms with E-state index in [9.17, 15) is 18.7 Å². The number of benzene rings is 1. The van der Waals surface area contributed by atoms with Crippen LogP contribution in [0, 0.1) is 5.41 Å². The summed E-state index contributed by atoms with van der Waals surface area (Å²) in [6, 6.07) is 7.23. The molecule has 0 spiro atoms. The Balaban J connectivity index is 2.36. The first kappa shape index (κ1) is 18.5. The minimum Gasteiger partial charge on any atom is -0.435 e. The van der Waals surface area contributed by atoms with Crippen LogP contribution in [-0.4, -0.2) is 41.3 Å². The van der Waals surface area contributed by atoms with E-state index in [0.29, 0.717) is 23.1 Å². The predicted molar refractivity (Wildman–Crippen MR) is 88.8 cm³/mol. The molecule has 0 aliphatic rings. The van der Waals surface area contributed by atoms with Gasteiger partial charge in [0.1, 0.15) is 11.4 Å². The zero-order valence-electron chi connectivity index (χ0n) is 13.4. The standard InChI is InChI=1S/C17H17F2N3O3/c1-10(24)7-21-14-5-11(9-23)8-22-16(14)15(20)12-3-2-4-13(6-12)25-17(18)19/h2-6,8-10,17,20-21,24H,7H2,1H3. The highest BCUT2D eigenvalue weighted by Crippen LogP contribution is 2.22. The highest BCUT2D eigenvalue weighted by atomic mass is 19.3. The van der Waals surface area contributed by atoms with Gasteiger partial charge in [0.2, 0.25) is 0 Å². The van der Waals surface area contributed by atoms with Gasteiger partial charge in [-0.05, 0) is 25.1 Å². The van der Waals surface area contributed by atoms with Crippen LogP contribution in [0.5, 0.6) is 5.75 Å². The quantitative estimate of drug-likeness (QED) is 0.503. The number of halogens is 2. The average molecular weight is 349 g/mol. The van der Waals surface area contributed by atoms with Gasteiger partial charge in [-0.2, -0.15) is 8.78 Å². The molecule has 25 heavy (non-hydrogen) atoms. The maximum absolute atomic E-state index is 12.3. The van der Waals surface area contributed by atoms with E-state index in [2.05, 4.69) is 15.0 Å². The molecule has 1 atom stereocenters. The molecule has 0 saturated carbocycles. The second-order valence-electron chi connectivity index (χ2n) is 5.29. The number of pyridine rings is 1. The van der Waals surface area contributed by atoms with Crippen LogP contribution < -0.4 is 10.1 Å². The van der Waals surface area contributed by atoms with Crippen molar-refractivity contribution in [2.24, 2.45) is 0 Å². The molecule has 0 saturated heterocycles. The summed E-state index contributed by atoms with van der Waals surface area (Å²) in [6.07, 6.45) is 1.28. The number of anilines is 1. The second kappa shape index (κ2) is 8.29. The fraction of sp³-hybridized carbons (Fsp3) is 0.235. The summed E-state index contributed by atoms with van der Waals surface area (Å²) < 4.78 is 29.0. The van der Waals surface area contributed by atoms with Gasteiger partial charge in [0.25, 0.3) is 0 Å². The summed E-state index contributed by atoms with van der Waals surface area (Å²) in [4.78, 5) is 15.0. The normalized spacial score (nSPS) is 11.9. The number of aromatic nitrogens is 1. The topological polar surface area (TPSA) is 95.3 Å². The molecular formula is C17H17F2N3O3. The van der Waals surface area contributed by atoms with Crippen LogP contribution in [0.25, 0.3) is 0 Å². The molecule has 1 unspecified atom stereocenters. The van der Waals surface area contributed by atoms with Gasteiger partial charge in [0, 0.05) is 23.9 Å². The molecule has 2 rings (SSSR count). The van der Waals surface area contributed by atoms with E-state index < -0.39 is 12.7 Å². The third-order valence-electron chi connectivity index (χ3n) is 3.22. The number of alkyl halides is 2. The summed E-state index contributed by atoms with van der Waals surface area (Å²) in [5.74, 6) is -0.0692. The lowest BCUT2D eigenvalue weighted by molar-refractivity contribution is -0.0498.